The maximum absolute atomic E-state index is 6.15. The first-order valence-electron chi connectivity index (χ1n) is 7.15. The second-order valence-electron chi connectivity index (χ2n) is 6.29. The quantitative estimate of drug-likeness (QED) is 0.921. The van der Waals surface area contributed by atoms with E-state index in [9.17, 15) is 0 Å². The predicted molar refractivity (Wildman–Crippen MR) is 85.4 cm³/mol. The van der Waals surface area contributed by atoms with Crippen molar-refractivity contribution in [3.05, 3.63) is 33.8 Å². The molecule has 0 saturated heterocycles. The van der Waals surface area contributed by atoms with Crippen molar-refractivity contribution < 1.29 is 0 Å². The molecule has 0 spiro atoms. The number of rotatable bonds is 4. The highest BCUT2D eigenvalue weighted by atomic mass is 79.9. The molecule has 1 aliphatic rings. The van der Waals surface area contributed by atoms with Gasteiger partial charge in [-0.15, -0.1) is 0 Å². The van der Waals surface area contributed by atoms with E-state index in [1.807, 2.05) is 0 Å². The van der Waals surface area contributed by atoms with Crippen LogP contribution in [0.5, 0.6) is 0 Å². The van der Waals surface area contributed by atoms with E-state index < -0.39 is 0 Å². The standard InChI is InChI=1S/C16H25BrN2/c1-12(2)10-19(3)16(11-18)7-6-13-8-15(17)5-4-14(13)9-16/h4-5,8,12H,6-7,9-11,18H2,1-3H3. The summed E-state index contributed by atoms with van der Waals surface area (Å²) in [5.74, 6) is 0.680. The van der Waals surface area contributed by atoms with Gasteiger partial charge in [0.25, 0.3) is 0 Å². The Hall–Kier alpha value is -0.380. The fourth-order valence-corrected chi connectivity index (χ4v) is 3.62. The average molecular weight is 325 g/mol. The van der Waals surface area contributed by atoms with Gasteiger partial charge in [0.05, 0.1) is 0 Å². The summed E-state index contributed by atoms with van der Waals surface area (Å²) in [7, 11) is 2.23. The molecular formula is C16H25BrN2. The Morgan fingerprint density at radius 3 is 2.74 bits per heavy atom. The number of likely N-dealkylation sites (N-methyl/N-ethyl adjacent to an activating group) is 1. The number of nitrogens with zero attached hydrogens (tertiary/aromatic N) is 1. The van der Waals surface area contributed by atoms with Crippen LogP contribution in [0.4, 0.5) is 0 Å². The number of nitrogens with two attached hydrogens (primary N) is 1. The Bertz CT molecular complexity index is 444. The summed E-state index contributed by atoms with van der Waals surface area (Å²) in [5.41, 5.74) is 9.25. The van der Waals surface area contributed by atoms with Crippen LogP contribution in [0, 0.1) is 5.92 Å². The maximum Gasteiger partial charge on any atom is 0.0372 e. The van der Waals surface area contributed by atoms with Gasteiger partial charge in [0.1, 0.15) is 0 Å². The van der Waals surface area contributed by atoms with Crippen LogP contribution in [0.2, 0.25) is 0 Å². The van der Waals surface area contributed by atoms with Crippen molar-refractivity contribution >= 4 is 15.9 Å². The molecule has 2 rings (SSSR count). The summed E-state index contributed by atoms with van der Waals surface area (Å²) >= 11 is 3.56. The lowest BCUT2D eigenvalue weighted by molar-refractivity contribution is 0.0958. The molecule has 106 valence electrons. The Labute approximate surface area is 125 Å². The monoisotopic (exact) mass is 324 g/mol. The lowest BCUT2D eigenvalue weighted by Crippen LogP contribution is -2.56. The summed E-state index contributed by atoms with van der Waals surface area (Å²) < 4.78 is 1.18. The largest absolute Gasteiger partial charge is 0.329 e. The minimum Gasteiger partial charge on any atom is -0.329 e. The van der Waals surface area contributed by atoms with E-state index in [-0.39, 0.29) is 5.54 Å². The van der Waals surface area contributed by atoms with E-state index in [4.69, 9.17) is 5.73 Å². The lowest BCUT2D eigenvalue weighted by atomic mass is 9.76. The van der Waals surface area contributed by atoms with E-state index >= 15 is 0 Å². The van der Waals surface area contributed by atoms with Gasteiger partial charge < -0.3 is 5.73 Å². The Balaban J connectivity index is 2.23. The van der Waals surface area contributed by atoms with Gasteiger partial charge in [0.15, 0.2) is 0 Å². The van der Waals surface area contributed by atoms with Crippen molar-refractivity contribution in [3.63, 3.8) is 0 Å². The zero-order chi connectivity index (χ0) is 14.0. The molecule has 0 aromatic heterocycles. The Morgan fingerprint density at radius 1 is 1.37 bits per heavy atom. The van der Waals surface area contributed by atoms with Crippen LogP contribution < -0.4 is 5.73 Å². The molecular weight excluding hydrogens is 300 g/mol. The number of benzene rings is 1. The van der Waals surface area contributed by atoms with E-state index in [0.717, 1.165) is 32.4 Å². The van der Waals surface area contributed by atoms with E-state index in [0.29, 0.717) is 5.92 Å². The number of hydrogen-bond acceptors (Lipinski definition) is 2. The van der Waals surface area contributed by atoms with Gasteiger partial charge in [-0.1, -0.05) is 35.8 Å². The van der Waals surface area contributed by atoms with Gasteiger partial charge in [0, 0.05) is 23.1 Å². The summed E-state index contributed by atoms with van der Waals surface area (Å²) in [6.45, 7) is 6.40. The van der Waals surface area contributed by atoms with Crippen LogP contribution in [-0.2, 0) is 12.8 Å². The van der Waals surface area contributed by atoms with Crippen LogP contribution in [0.15, 0.2) is 22.7 Å². The molecule has 0 saturated carbocycles. The van der Waals surface area contributed by atoms with Crippen molar-refractivity contribution in [2.45, 2.75) is 38.6 Å². The van der Waals surface area contributed by atoms with E-state index in [1.54, 1.807) is 0 Å². The van der Waals surface area contributed by atoms with Crippen LogP contribution in [0.25, 0.3) is 0 Å². The second-order valence-corrected chi connectivity index (χ2v) is 7.21. The first-order chi connectivity index (χ1) is 8.97. The first-order valence-corrected chi connectivity index (χ1v) is 7.95. The van der Waals surface area contributed by atoms with Gasteiger partial charge in [0.2, 0.25) is 0 Å². The van der Waals surface area contributed by atoms with Crippen LogP contribution >= 0.6 is 15.9 Å². The summed E-state index contributed by atoms with van der Waals surface area (Å²) in [5, 5.41) is 0. The fraction of sp³-hybridized carbons (Fsp3) is 0.625. The highest BCUT2D eigenvalue weighted by Gasteiger charge is 2.36. The smallest absolute Gasteiger partial charge is 0.0372 e. The van der Waals surface area contributed by atoms with Crippen molar-refractivity contribution in [1.82, 2.24) is 4.90 Å². The Morgan fingerprint density at radius 2 is 2.11 bits per heavy atom. The van der Waals surface area contributed by atoms with Crippen molar-refractivity contribution in [1.29, 1.82) is 0 Å². The van der Waals surface area contributed by atoms with E-state index in [1.165, 1.54) is 15.6 Å². The van der Waals surface area contributed by atoms with Crippen LogP contribution in [0.3, 0.4) is 0 Å². The molecule has 2 N–H and O–H groups in total. The topological polar surface area (TPSA) is 29.3 Å². The SMILES string of the molecule is CC(C)CN(C)C1(CN)CCc2cc(Br)ccc2C1. The maximum atomic E-state index is 6.15. The van der Waals surface area contributed by atoms with Gasteiger partial charge in [-0.25, -0.2) is 0 Å². The first kappa shape index (κ1) is 15.0. The zero-order valence-electron chi connectivity index (χ0n) is 12.2. The van der Waals surface area contributed by atoms with Gasteiger partial charge in [-0.05, 0) is 55.5 Å². The lowest BCUT2D eigenvalue weighted by Gasteiger charge is -2.45. The highest BCUT2D eigenvalue weighted by molar-refractivity contribution is 9.10. The molecule has 1 aromatic rings. The molecule has 2 nitrogen and oxygen atoms in total. The number of fused-ring (bicyclic) bond motifs is 1. The summed E-state index contributed by atoms with van der Waals surface area (Å²) in [6, 6.07) is 6.66. The van der Waals surface area contributed by atoms with E-state index in [2.05, 4.69) is 59.9 Å². The van der Waals surface area contributed by atoms with Crippen molar-refractivity contribution in [2.24, 2.45) is 11.7 Å². The number of aryl methyl sites for hydroxylation is 1. The molecule has 0 bridgehead atoms. The van der Waals surface area contributed by atoms with Gasteiger partial charge >= 0.3 is 0 Å². The fourth-order valence-electron chi connectivity index (χ4n) is 3.21. The summed E-state index contributed by atoms with van der Waals surface area (Å²) in [4.78, 5) is 2.49. The van der Waals surface area contributed by atoms with Gasteiger partial charge in [-0.3, -0.25) is 4.90 Å². The van der Waals surface area contributed by atoms with Crippen molar-refractivity contribution in [2.75, 3.05) is 20.1 Å². The second kappa shape index (κ2) is 5.94. The molecule has 0 amide bonds. The minimum absolute atomic E-state index is 0.144. The van der Waals surface area contributed by atoms with Crippen molar-refractivity contribution in [3.8, 4) is 0 Å². The molecule has 1 unspecified atom stereocenters. The average Bonchev–Trinajstić information content (AvgIpc) is 2.37. The van der Waals surface area contributed by atoms with Crippen LogP contribution in [-0.4, -0.2) is 30.6 Å². The normalized spacial score (nSPS) is 22.9. The molecule has 0 fully saturated rings. The third-order valence-corrected chi connectivity index (χ3v) is 4.87. The number of hydrogen-bond donors (Lipinski definition) is 1. The summed E-state index contributed by atoms with van der Waals surface area (Å²) in [6.07, 6.45) is 3.37. The Kier molecular flexibility index (Phi) is 4.70. The highest BCUT2D eigenvalue weighted by Crippen LogP contribution is 2.33. The molecule has 1 atom stereocenters. The third-order valence-electron chi connectivity index (χ3n) is 4.38. The minimum atomic E-state index is 0.144. The molecule has 1 aliphatic carbocycles. The van der Waals surface area contributed by atoms with Crippen LogP contribution in [0.1, 0.15) is 31.4 Å². The zero-order valence-corrected chi connectivity index (χ0v) is 13.8. The molecule has 19 heavy (non-hydrogen) atoms. The molecule has 0 radical (unpaired) electrons. The molecule has 0 heterocycles. The predicted octanol–water partition coefficient (Wildman–Crippen LogP) is 3.22. The third kappa shape index (κ3) is 3.21. The molecule has 0 aliphatic heterocycles. The van der Waals surface area contributed by atoms with Gasteiger partial charge in [-0.2, -0.15) is 0 Å². The molecule has 1 aromatic carbocycles. The number of halogens is 1. The molecule has 3 heteroatoms.